The van der Waals surface area contributed by atoms with E-state index in [0.717, 1.165) is 44.9 Å². The van der Waals surface area contributed by atoms with Crippen molar-refractivity contribution in [2.45, 2.75) is 124 Å². The Kier molecular flexibility index (Phi) is 33.4. The molecule has 5 nitrogen and oxygen atoms in total. The molecule has 0 aromatic heterocycles. The van der Waals surface area contributed by atoms with E-state index < -0.39 is 5.60 Å². The van der Waals surface area contributed by atoms with Gasteiger partial charge in [0.2, 0.25) is 0 Å². The maximum atomic E-state index is 11.5. The minimum absolute atomic E-state index is 0. The number of carbonyl (C=O) groups excluding carboxylic acids is 1. The first-order valence-corrected chi connectivity index (χ1v) is 9.73. The van der Waals surface area contributed by atoms with Gasteiger partial charge in [0.1, 0.15) is 5.60 Å². The predicted molar refractivity (Wildman–Crippen MR) is 150 cm³/mol. The Balaban J connectivity index is -0.0000000848. The quantitative estimate of drug-likeness (QED) is 0.469. The van der Waals surface area contributed by atoms with Gasteiger partial charge in [-0.2, -0.15) is 54.0 Å². The van der Waals surface area contributed by atoms with Crippen molar-refractivity contribution in [2.24, 2.45) is 11.7 Å². The molecule has 4 N–H and O–H groups in total. The summed E-state index contributed by atoms with van der Waals surface area (Å²) in [6.07, 6.45) is 8.04. The third-order valence-electron chi connectivity index (χ3n) is 4.50. The SMILES string of the molecule is C.CC(C)(C)OC(=O)C[C@H]1CCCC[C@@H]1O.N[C@H]1CCCC[C@@H]1O.S.S.S.S.[2H]CC. The van der Waals surface area contributed by atoms with Crippen molar-refractivity contribution in [3.63, 3.8) is 0 Å². The van der Waals surface area contributed by atoms with Gasteiger partial charge in [0.25, 0.3) is 0 Å². The molecular formula is C21H53NO4S4. The van der Waals surface area contributed by atoms with E-state index in [1.54, 1.807) is 6.92 Å². The van der Waals surface area contributed by atoms with Crippen molar-refractivity contribution in [2.75, 3.05) is 0 Å². The molecule has 0 aromatic carbocycles. The van der Waals surface area contributed by atoms with Gasteiger partial charge < -0.3 is 20.7 Å². The zero-order chi connectivity index (χ0) is 20.2. The summed E-state index contributed by atoms with van der Waals surface area (Å²) in [6.45, 7) is 7.88. The Morgan fingerprint density at radius 1 is 0.967 bits per heavy atom. The van der Waals surface area contributed by atoms with Crippen LogP contribution in [0.4, 0.5) is 0 Å². The third-order valence-corrected chi connectivity index (χ3v) is 4.50. The van der Waals surface area contributed by atoms with Crippen molar-refractivity contribution < 1.29 is 21.1 Å². The molecule has 0 aromatic rings. The monoisotopic (exact) mass is 512 g/mol. The van der Waals surface area contributed by atoms with Crippen LogP contribution in [0.1, 0.15) is 101 Å². The van der Waals surface area contributed by atoms with Crippen LogP contribution in [0.5, 0.6) is 0 Å². The lowest BCUT2D eigenvalue weighted by atomic mass is 9.84. The number of carbonyl (C=O) groups is 1. The van der Waals surface area contributed by atoms with Crippen LogP contribution in [-0.2, 0) is 9.53 Å². The second kappa shape index (κ2) is 24.4. The lowest BCUT2D eigenvalue weighted by Gasteiger charge is -2.28. The molecule has 190 valence electrons. The largest absolute Gasteiger partial charge is 0.460 e. The van der Waals surface area contributed by atoms with Gasteiger partial charge in [-0.15, -0.1) is 0 Å². The van der Waals surface area contributed by atoms with Crippen molar-refractivity contribution in [3.05, 3.63) is 0 Å². The molecule has 0 unspecified atom stereocenters. The smallest absolute Gasteiger partial charge is 0.306 e. The van der Waals surface area contributed by atoms with Gasteiger partial charge in [-0.3, -0.25) is 4.79 Å². The minimum Gasteiger partial charge on any atom is -0.460 e. The zero-order valence-electron chi connectivity index (χ0n) is 19.7. The number of nitrogens with two attached hydrogens (primary N) is 1. The first-order valence-electron chi connectivity index (χ1n) is 10.4. The summed E-state index contributed by atoms with van der Waals surface area (Å²) in [7, 11) is 0. The molecule has 9 heteroatoms. The fourth-order valence-corrected chi connectivity index (χ4v) is 3.16. The van der Waals surface area contributed by atoms with E-state index in [-0.39, 0.29) is 91.5 Å². The Morgan fingerprint density at radius 2 is 1.37 bits per heavy atom. The fraction of sp³-hybridized carbons (Fsp3) is 0.952. The molecule has 0 spiro atoms. The Hall–Kier alpha value is 0.750. The first kappa shape index (κ1) is 41.0. The lowest BCUT2D eigenvalue weighted by molar-refractivity contribution is -0.157. The minimum atomic E-state index is -0.420. The highest BCUT2D eigenvalue weighted by Gasteiger charge is 2.27. The molecule has 0 bridgehead atoms. The molecule has 0 amide bonds. The molecule has 0 radical (unpaired) electrons. The van der Waals surface area contributed by atoms with E-state index in [4.69, 9.17) is 16.9 Å². The summed E-state index contributed by atoms with van der Waals surface area (Å²) >= 11 is 0. The Morgan fingerprint density at radius 3 is 1.70 bits per heavy atom. The topological polar surface area (TPSA) is 92.8 Å². The number of esters is 1. The van der Waals surface area contributed by atoms with Crippen LogP contribution in [-0.4, -0.2) is 40.0 Å². The summed E-state index contributed by atoms with van der Waals surface area (Å²) < 4.78 is 11.4. The molecule has 2 aliphatic rings. The number of hydrogen-bond acceptors (Lipinski definition) is 5. The summed E-state index contributed by atoms with van der Waals surface area (Å²) in [5, 5.41) is 18.8. The normalized spacial score (nSPS) is 25.0. The van der Waals surface area contributed by atoms with E-state index in [9.17, 15) is 9.90 Å². The summed E-state index contributed by atoms with van der Waals surface area (Å²) in [5.41, 5.74) is 5.11. The maximum Gasteiger partial charge on any atom is 0.306 e. The molecule has 0 saturated heterocycles. The second-order valence-corrected chi connectivity index (χ2v) is 7.92. The third kappa shape index (κ3) is 22.0. The molecule has 4 atom stereocenters. The number of aliphatic hydroxyl groups excluding tert-OH is 2. The molecule has 2 saturated carbocycles. The highest BCUT2D eigenvalue weighted by atomic mass is 32.1. The number of ether oxygens (including phenoxy) is 1. The van der Waals surface area contributed by atoms with Crippen LogP contribution in [0, 0.1) is 5.92 Å². The highest BCUT2D eigenvalue weighted by Crippen LogP contribution is 2.27. The van der Waals surface area contributed by atoms with Gasteiger partial charge in [-0.25, -0.2) is 0 Å². The number of hydrogen-bond donors (Lipinski definition) is 3. The van der Waals surface area contributed by atoms with Crippen molar-refractivity contribution in [1.82, 2.24) is 0 Å². The standard InChI is InChI=1S/C12H22O3.C6H13NO.C2H6.CH4.4H2S/c1-12(2,3)15-11(14)8-9-6-4-5-7-10(9)13;7-5-3-1-2-4-6(5)8;1-2;;;;;/h9-10,13H,4-8H2,1-3H3;5-6,8H,1-4,7H2;1-2H3;1H4;4*1H2/t9-,10+;5-,6-;;;;;;/m10....../s1/i;;1D;;;;;. The van der Waals surface area contributed by atoms with Crippen molar-refractivity contribution in [3.8, 4) is 0 Å². The molecular weight excluding hydrogens is 459 g/mol. The van der Waals surface area contributed by atoms with Gasteiger partial charge >= 0.3 is 5.97 Å². The van der Waals surface area contributed by atoms with Crippen molar-refractivity contribution >= 4 is 60.0 Å². The molecule has 2 rings (SSSR count). The molecule has 0 aliphatic heterocycles. The van der Waals surface area contributed by atoms with Crippen LogP contribution >= 0.6 is 54.0 Å². The molecule has 2 aliphatic carbocycles. The van der Waals surface area contributed by atoms with E-state index in [1.807, 2.05) is 20.8 Å². The Bertz CT molecular complexity index is 381. The van der Waals surface area contributed by atoms with Crippen LogP contribution in [0.2, 0.25) is 0 Å². The zero-order valence-corrected chi connectivity index (χ0v) is 22.7. The Labute approximate surface area is 215 Å². The molecule has 30 heavy (non-hydrogen) atoms. The van der Waals surface area contributed by atoms with Gasteiger partial charge in [-0.05, 0) is 52.4 Å². The number of aliphatic hydroxyl groups is 2. The highest BCUT2D eigenvalue weighted by molar-refractivity contribution is 7.59. The van der Waals surface area contributed by atoms with Gasteiger partial charge in [0.15, 0.2) is 0 Å². The van der Waals surface area contributed by atoms with Gasteiger partial charge in [-0.1, -0.05) is 46.9 Å². The summed E-state index contributed by atoms with van der Waals surface area (Å²) in [5.74, 6) is -0.0814. The van der Waals surface area contributed by atoms with E-state index in [2.05, 4.69) is 0 Å². The van der Waals surface area contributed by atoms with E-state index >= 15 is 0 Å². The number of rotatable bonds is 2. The molecule has 0 heterocycles. The first-order chi connectivity index (χ1) is 12.1. The average Bonchev–Trinajstić information content (AvgIpc) is 2.52. The summed E-state index contributed by atoms with van der Waals surface area (Å²) in [4.78, 5) is 11.5. The van der Waals surface area contributed by atoms with Crippen LogP contribution in [0.15, 0.2) is 0 Å². The summed E-state index contributed by atoms with van der Waals surface area (Å²) in [6, 6.07) is 0.0590. The fourth-order valence-electron chi connectivity index (χ4n) is 3.16. The van der Waals surface area contributed by atoms with E-state index in [0.29, 0.717) is 13.3 Å². The molecule has 2 fully saturated rings. The van der Waals surface area contributed by atoms with Crippen molar-refractivity contribution in [1.29, 1.82) is 0 Å². The lowest BCUT2D eigenvalue weighted by Crippen LogP contribution is -2.37. The average molecular weight is 513 g/mol. The van der Waals surface area contributed by atoms with Crippen LogP contribution in [0.25, 0.3) is 0 Å². The van der Waals surface area contributed by atoms with Gasteiger partial charge in [0.05, 0.1) is 18.6 Å². The maximum absolute atomic E-state index is 11.5. The van der Waals surface area contributed by atoms with Crippen LogP contribution < -0.4 is 5.73 Å². The predicted octanol–water partition coefficient (Wildman–Crippen LogP) is 4.63. The van der Waals surface area contributed by atoms with E-state index in [1.165, 1.54) is 6.42 Å². The second-order valence-electron chi connectivity index (χ2n) is 7.92. The van der Waals surface area contributed by atoms with Gasteiger partial charge in [0, 0.05) is 7.41 Å². The van der Waals surface area contributed by atoms with Crippen LogP contribution in [0.3, 0.4) is 0 Å².